The van der Waals surface area contributed by atoms with Crippen molar-refractivity contribution in [1.82, 2.24) is 9.47 Å². The van der Waals surface area contributed by atoms with Crippen molar-refractivity contribution in [3.05, 3.63) is 64.1 Å². The summed E-state index contributed by atoms with van der Waals surface area (Å²) < 4.78 is 7.99. The van der Waals surface area contributed by atoms with Crippen molar-refractivity contribution >= 4 is 0 Å². The van der Waals surface area contributed by atoms with Gasteiger partial charge in [-0.05, 0) is 45.3 Å². The number of rotatable bonds is 6. The van der Waals surface area contributed by atoms with Gasteiger partial charge in [0.1, 0.15) is 6.61 Å². The van der Waals surface area contributed by atoms with Crippen LogP contribution >= 0.6 is 0 Å². The molecule has 0 saturated carbocycles. The maximum atomic E-state index is 12.2. The standard InChI is InChI=1S/C20H26N2O2/c1-16-20(24-15-17-7-4-3-5-8-17)19(23)11-14-22(16)13-10-18-9-6-12-21(18)2/h3-5,7-8,11,14,18H,6,9-10,12-13,15H2,1-2H3. The van der Waals surface area contributed by atoms with E-state index in [-0.39, 0.29) is 5.43 Å². The Bertz CT molecular complexity index is 724. The zero-order valence-electron chi connectivity index (χ0n) is 14.6. The Morgan fingerprint density at radius 1 is 1.21 bits per heavy atom. The lowest BCUT2D eigenvalue weighted by Crippen LogP contribution is -2.26. The summed E-state index contributed by atoms with van der Waals surface area (Å²) in [5, 5.41) is 0. The third-order valence-electron chi connectivity index (χ3n) is 4.99. The van der Waals surface area contributed by atoms with Crippen molar-refractivity contribution in [3.8, 4) is 5.75 Å². The lowest BCUT2D eigenvalue weighted by atomic mass is 10.1. The Hall–Kier alpha value is -2.07. The fourth-order valence-corrected chi connectivity index (χ4v) is 3.43. The van der Waals surface area contributed by atoms with Gasteiger partial charge in [-0.3, -0.25) is 4.79 Å². The van der Waals surface area contributed by atoms with Gasteiger partial charge in [0, 0.05) is 24.8 Å². The Kier molecular flexibility index (Phi) is 5.36. The van der Waals surface area contributed by atoms with Crippen molar-refractivity contribution in [1.29, 1.82) is 0 Å². The normalized spacial score (nSPS) is 18.0. The highest BCUT2D eigenvalue weighted by atomic mass is 16.5. The smallest absolute Gasteiger partial charge is 0.223 e. The molecule has 4 nitrogen and oxygen atoms in total. The largest absolute Gasteiger partial charge is 0.483 e. The molecule has 128 valence electrons. The minimum Gasteiger partial charge on any atom is -0.483 e. The quantitative estimate of drug-likeness (QED) is 0.817. The summed E-state index contributed by atoms with van der Waals surface area (Å²) in [6, 6.07) is 12.2. The maximum absolute atomic E-state index is 12.2. The molecule has 1 aromatic carbocycles. The van der Waals surface area contributed by atoms with Crippen LogP contribution in [-0.4, -0.2) is 29.1 Å². The summed E-state index contributed by atoms with van der Waals surface area (Å²) in [4.78, 5) is 14.6. The van der Waals surface area contributed by atoms with Gasteiger partial charge >= 0.3 is 0 Å². The highest BCUT2D eigenvalue weighted by Gasteiger charge is 2.20. The Morgan fingerprint density at radius 3 is 2.71 bits per heavy atom. The van der Waals surface area contributed by atoms with Gasteiger partial charge in [-0.25, -0.2) is 0 Å². The second-order valence-corrected chi connectivity index (χ2v) is 6.63. The van der Waals surface area contributed by atoms with Crippen molar-refractivity contribution in [2.45, 2.75) is 45.4 Å². The van der Waals surface area contributed by atoms with E-state index in [1.807, 2.05) is 43.5 Å². The first-order valence-electron chi connectivity index (χ1n) is 8.72. The lowest BCUT2D eigenvalue weighted by Gasteiger charge is -2.21. The highest BCUT2D eigenvalue weighted by molar-refractivity contribution is 5.28. The van der Waals surface area contributed by atoms with Crippen molar-refractivity contribution < 1.29 is 4.74 Å². The first kappa shape index (κ1) is 16.8. The van der Waals surface area contributed by atoms with Crippen LogP contribution in [0.2, 0.25) is 0 Å². The second-order valence-electron chi connectivity index (χ2n) is 6.63. The van der Waals surface area contributed by atoms with Crippen LogP contribution in [0.5, 0.6) is 5.75 Å². The van der Waals surface area contributed by atoms with Crippen molar-refractivity contribution in [2.24, 2.45) is 0 Å². The molecular formula is C20H26N2O2. The fourth-order valence-electron chi connectivity index (χ4n) is 3.43. The number of benzene rings is 1. The first-order valence-corrected chi connectivity index (χ1v) is 8.72. The Morgan fingerprint density at radius 2 is 2.00 bits per heavy atom. The third kappa shape index (κ3) is 3.88. The van der Waals surface area contributed by atoms with E-state index in [2.05, 4.69) is 16.5 Å². The maximum Gasteiger partial charge on any atom is 0.223 e. The van der Waals surface area contributed by atoms with E-state index >= 15 is 0 Å². The molecule has 1 fully saturated rings. The van der Waals surface area contributed by atoms with Crippen LogP contribution in [-0.2, 0) is 13.2 Å². The van der Waals surface area contributed by atoms with E-state index < -0.39 is 0 Å². The fraction of sp³-hybridized carbons (Fsp3) is 0.450. The molecule has 1 aliphatic heterocycles. The molecule has 0 amide bonds. The summed E-state index contributed by atoms with van der Waals surface area (Å²) in [6.07, 6.45) is 5.56. The summed E-state index contributed by atoms with van der Waals surface area (Å²) in [6.45, 7) is 4.51. The summed E-state index contributed by atoms with van der Waals surface area (Å²) in [7, 11) is 2.20. The van der Waals surface area contributed by atoms with Gasteiger partial charge < -0.3 is 14.2 Å². The molecule has 0 aliphatic carbocycles. The number of aromatic nitrogens is 1. The van der Waals surface area contributed by atoms with Gasteiger partial charge in [0.05, 0.1) is 5.69 Å². The van der Waals surface area contributed by atoms with Crippen LogP contribution in [0.3, 0.4) is 0 Å². The molecule has 4 heteroatoms. The van der Waals surface area contributed by atoms with E-state index in [1.54, 1.807) is 6.07 Å². The molecule has 2 aromatic rings. The molecule has 2 heterocycles. The van der Waals surface area contributed by atoms with E-state index in [4.69, 9.17) is 4.74 Å². The zero-order chi connectivity index (χ0) is 16.9. The SMILES string of the molecule is Cc1c(OCc2ccccc2)c(=O)ccn1CCC1CCCN1C. The monoisotopic (exact) mass is 326 g/mol. The highest BCUT2D eigenvalue weighted by Crippen LogP contribution is 2.20. The van der Waals surface area contributed by atoms with E-state index in [0.717, 1.165) is 24.2 Å². The number of hydrogen-bond acceptors (Lipinski definition) is 3. The number of pyridine rings is 1. The molecule has 1 atom stereocenters. The van der Waals surface area contributed by atoms with Crippen LogP contribution in [0.25, 0.3) is 0 Å². The lowest BCUT2D eigenvalue weighted by molar-refractivity contribution is 0.280. The number of hydrogen-bond donors (Lipinski definition) is 0. The Labute approximate surface area is 143 Å². The molecule has 1 saturated heterocycles. The molecule has 3 rings (SSSR count). The molecule has 24 heavy (non-hydrogen) atoms. The predicted octanol–water partition coefficient (Wildman–Crippen LogP) is 3.22. The Balaban J connectivity index is 1.69. The third-order valence-corrected chi connectivity index (χ3v) is 4.99. The van der Waals surface area contributed by atoms with Crippen LogP contribution in [0.15, 0.2) is 47.4 Å². The molecule has 0 N–H and O–H groups in total. The summed E-state index contributed by atoms with van der Waals surface area (Å²) in [5.74, 6) is 0.473. The molecule has 0 bridgehead atoms. The van der Waals surface area contributed by atoms with Crippen LogP contribution in [0.1, 0.15) is 30.5 Å². The molecule has 1 unspecified atom stereocenters. The van der Waals surface area contributed by atoms with Crippen LogP contribution < -0.4 is 10.2 Å². The topological polar surface area (TPSA) is 34.5 Å². The molecule has 1 aliphatic rings. The second kappa shape index (κ2) is 7.67. The number of likely N-dealkylation sites (tertiary alicyclic amines) is 1. The van der Waals surface area contributed by atoms with Crippen molar-refractivity contribution in [3.63, 3.8) is 0 Å². The molecule has 1 aromatic heterocycles. The number of ether oxygens (including phenoxy) is 1. The van der Waals surface area contributed by atoms with E-state index in [0.29, 0.717) is 18.4 Å². The van der Waals surface area contributed by atoms with Crippen molar-refractivity contribution in [2.75, 3.05) is 13.6 Å². The first-order chi connectivity index (χ1) is 11.6. The van der Waals surface area contributed by atoms with Gasteiger partial charge in [-0.15, -0.1) is 0 Å². The summed E-state index contributed by atoms with van der Waals surface area (Å²) in [5.41, 5.74) is 1.94. The van der Waals surface area contributed by atoms with E-state index in [1.165, 1.54) is 19.4 Å². The predicted molar refractivity (Wildman–Crippen MR) is 96.5 cm³/mol. The minimum absolute atomic E-state index is 0.0438. The van der Waals surface area contributed by atoms with Crippen LogP contribution in [0.4, 0.5) is 0 Å². The summed E-state index contributed by atoms with van der Waals surface area (Å²) >= 11 is 0. The van der Waals surface area contributed by atoms with E-state index in [9.17, 15) is 4.79 Å². The molecule has 0 spiro atoms. The van der Waals surface area contributed by atoms with Gasteiger partial charge in [0.25, 0.3) is 0 Å². The number of aryl methyl sites for hydroxylation is 1. The molecule has 0 radical (unpaired) electrons. The average molecular weight is 326 g/mol. The van der Waals surface area contributed by atoms with Gasteiger partial charge in [0.2, 0.25) is 5.43 Å². The van der Waals surface area contributed by atoms with Gasteiger partial charge in [0.15, 0.2) is 5.75 Å². The molecular weight excluding hydrogens is 300 g/mol. The average Bonchev–Trinajstić information content (AvgIpc) is 3.00. The van der Waals surface area contributed by atoms with Gasteiger partial charge in [-0.1, -0.05) is 30.3 Å². The van der Waals surface area contributed by atoms with Crippen LogP contribution in [0, 0.1) is 6.92 Å². The zero-order valence-corrected chi connectivity index (χ0v) is 14.6. The number of nitrogens with zero attached hydrogens (tertiary/aromatic N) is 2. The van der Waals surface area contributed by atoms with Gasteiger partial charge in [-0.2, -0.15) is 0 Å². The minimum atomic E-state index is -0.0438.